The molecule has 1 unspecified atom stereocenters. The minimum absolute atomic E-state index is 0.189. The highest BCUT2D eigenvalue weighted by Crippen LogP contribution is 2.34. The van der Waals surface area contributed by atoms with Crippen molar-refractivity contribution < 1.29 is 31.9 Å². The van der Waals surface area contributed by atoms with Gasteiger partial charge in [-0.25, -0.2) is 9.18 Å². The molecule has 0 radical (unpaired) electrons. The molecule has 2 N–H and O–H groups in total. The van der Waals surface area contributed by atoms with Gasteiger partial charge >= 0.3 is 12.3 Å². The number of cyclic esters (lactones) is 1. The smallest absolute Gasteiger partial charge is 0.411 e. The van der Waals surface area contributed by atoms with Crippen molar-refractivity contribution in [1.29, 1.82) is 0 Å². The first-order valence-corrected chi connectivity index (χ1v) is 8.23. The molecule has 2 aromatic rings. The molecule has 1 aliphatic rings. The second kappa shape index (κ2) is 7.30. The van der Waals surface area contributed by atoms with Gasteiger partial charge in [-0.2, -0.15) is 18.3 Å². The number of nitrogens with zero attached hydrogens (tertiary/aromatic N) is 3. The second-order valence-electron chi connectivity index (χ2n) is 6.09. The normalized spacial score (nSPS) is 18.2. The van der Waals surface area contributed by atoms with Gasteiger partial charge in [0, 0.05) is 11.8 Å². The van der Waals surface area contributed by atoms with Gasteiger partial charge < -0.3 is 10.5 Å². The van der Waals surface area contributed by atoms with Crippen LogP contribution in [-0.4, -0.2) is 45.5 Å². The summed E-state index contributed by atoms with van der Waals surface area (Å²) in [7, 11) is 0. The lowest BCUT2D eigenvalue weighted by Crippen LogP contribution is -2.34. The molecule has 0 aliphatic carbocycles. The third-order valence-corrected chi connectivity index (χ3v) is 4.33. The lowest BCUT2D eigenvalue weighted by molar-refractivity contribution is -0.142. The third kappa shape index (κ3) is 4.19. The Morgan fingerprint density at radius 3 is 2.68 bits per heavy atom. The minimum atomic E-state index is -4.50. The number of hydrogen-bond donors (Lipinski definition) is 1. The Bertz CT molecular complexity index is 918. The zero-order valence-corrected chi connectivity index (χ0v) is 14.7. The SMILES string of the molecule is NC(=O)C1CN([C@@H](c2ccc(F)c(Cl)c2)c2cnn(CC(F)(F)F)c2)C(=O)O1. The summed E-state index contributed by atoms with van der Waals surface area (Å²) in [6.07, 6.45) is -4.39. The summed E-state index contributed by atoms with van der Waals surface area (Å²) in [5, 5.41) is 3.41. The number of carbonyl (C=O) groups is 2. The molecule has 1 fully saturated rings. The van der Waals surface area contributed by atoms with E-state index in [1.54, 1.807) is 0 Å². The van der Waals surface area contributed by atoms with Crippen molar-refractivity contribution in [2.24, 2.45) is 5.73 Å². The van der Waals surface area contributed by atoms with Gasteiger partial charge in [0.05, 0.1) is 23.8 Å². The van der Waals surface area contributed by atoms with Crippen LogP contribution in [0, 0.1) is 5.82 Å². The highest BCUT2D eigenvalue weighted by atomic mass is 35.5. The Morgan fingerprint density at radius 2 is 2.11 bits per heavy atom. The largest absolute Gasteiger partial charge is 0.434 e. The molecule has 0 spiro atoms. The van der Waals surface area contributed by atoms with Gasteiger partial charge in [0.1, 0.15) is 12.4 Å². The van der Waals surface area contributed by atoms with Crippen molar-refractivity contribution >= 4 is 23.6 Å². The number of benzene rings is 1. The Hall–Kier alpha value is -2.82. The molecular weight excluding hydrogens is 408 g/mol. The monoisotopic (exact) mass is 420 g/mol. The summed E-state index contributed by atoms with van der Waals surface area (Å²) in [5.74, 6) is -1.59. The van der Waals surface area contributed by atoms with Crippen LogP contribution in [0.4, 0.5) is 22.4 Å². The van der Waals surface area contributed by atoms with E-state index >= 15 is 0 Å². The van der Waals surface area contributed by atoms with Crippen molar-refractivity contribution in [1.82, 2.24) is 14.7 Å². The third-order valence-electron chi connectivity index (χ3n) is 4.04. The maximum Gasteiger partial charge on any atom is 0.411 e. The average Bonchev–Trinajstić information content (AvgIpc) is 3.17. The predicted octanol–water partition coefficient (Wildman–Crippen LogP) is 2.63. The Morgan fingerprint density at radius 1 is 1.39 bits per heavy atom. The number of carbonyl (C=O) groups excluding carboxylic acids is 2. The minimum Gasteiger partial charge on any atom is -0.434 e. The number of aromatic nitrogens is 2. The molecule has 3 rings (SSSR count). The number of ether oxygens (including phenoxy) is 1. The zero-order chi connectivity index (χ0) is 20.6. The number of nitrogens with two attached hydrogens (primary N) is 1. The lowest BCUT2D eigenvalue weighted by Gasteiger charge is -2.25. The predicted molar refractivity (Wildman–Crippen MR) is 87.7 cm³/mol. The van der Waals surface area contributed by atoms with Crippen LogP contribution in [0.5, 0.6) is 0 Å². The fraction of sp³-hybridized carbons (Fsp3) is 0.312. The van der Waals surface area contributed by atoms with Gasteiger partial charge in [-0.3, -0.25) is 14.4 Å². The van der Waals surface area contributed by atoms with Crippen molar-refractivity contribution in [2.45, 2.75) is 24.9 Å². The van der Waals surface area contributed by atoms with Crippen LogP contribution in [0.3, 0.4) is 0 Å². The molecule has 2 heterocycles. The molecule has 1 aromatic carbocycles. The topological polar surface area (TPSA) is 90.5 Å². The summed E-state index contributed by atoms with van der Waals surface area (Å²) in [5.41, 5.74) is 5.64. The van der Waals surface area contributed by atoms with Crippen molar-refractivity contribution in [3.8, 4) is 0 Å². The Labute approximate surface area is 160 Å². The van der Waals surface area contributed by atoms with Crippen LogP contribution in [0.15, 0.2) is 30.6 Å². The van der Waals surface area contributed by atoms with Gasteiger partial charge in [0.2, 0.25) is 0 Å². The molecule has 0 saturated carbocycles. The highest BCUT2D eigenvalue weighted by molar-refractivity contribution is 6.30. The summed E-state index contributed by atoms with van der Waals surface area (Å²) < 4.78 is 56.9. The molecule has 1 aromatic heterocycles. The molecule has 1 aliphatic heterocycles. The van der Waals surface area contributed by atoms with E-state index in [0.717, 1.165) is 23.4 Å². The number of halogens is 5. The van der Waals surface area contributed by atoms with E-state index in [4.69, 9.17) is 22.1 Å². The molecule has 0 bridgehead atoms. The van der Waals surface area contributed by atoms with E-state index in [2.05, 4.69) is 5.10 Å². The first kappa shape index (κ1) is 19.9. The van der Waals surface area contributed by atoms with Crippen molar-refractivity contribution in [3.63, 3.8) is 0 Å². The van der Waals surface area contributed by atoms with Crippen LogP contribution in [0.25, 0.3) is 0 Å². The highest BCUT2D eigenvalue weighted by Gasteiger charge is 2.41. The molecule has 2 atom stereocenters. The Balaban J connectivity index is 2.01. The van der Waals surface area contributed by atoms with Crippen LogP contribution in [-0.2, 0) is 16.1 Å². The molecule has 150 valence electrons. The Kier molecular flexibility index (Phi) is 5.20. The van der Waals surface area contributed by atoms with E-state index in [1.807, 2.05) is 0 Å². The summed E-state index contributed by atoms with van der Waals surface area (Å²) >= 11 is 5.81. The fourth-order valence-corrected chi connectivity index (χ4v) is 3.05. The van der Waals surface area contributed by atoms with Crippen molar-refractivity contribution in [2.75, 3.05) is 6.54 Å². The number of primary amides is 1. The molecule has 2 amide bonds. The maximum absolute atomic E-state index is 13.5. The van der Waals surface area contributed by atoms with Crippen LogP contribution < -0.4 is 5.73 Å². The molecule has 7 nitrogen and oxygen atoms in total. The van der Waals surface area contributed by atoms with E-state index < -0.39 is 42.7 Å². The first-order valence-electron chi connectivity index (χ1n) is 7.86. The average molecular weight is 421 g/mol. The number of alkyl halides is 3. The van der Waals surface area contributed by atoms with Crippen LogP contribution in [0.2, 0.25) is 5.02 Å². The summed E-state index contributed by atoms with van der Waals surface area (Å²) in [6.45, 7) is -1.57. The lowest BCUT2D eigenvalue weighted by atomic mass is 10.00. The van der Waals surface area contributed by atoms with E-state index in [9.17, 15) is 27.2 Å². The summed E-state index contributed by atoms with van der Waals surface area (Å²) in [6, 6.07) is 2.58. The number of rotatable bonds is 5. The molecule has 28 heavy (non-hydrogen) atoms. The number of hydrogen-bond acceptors (Lipinski definition) is 4. The van der Waals surface area contributed by atoms with Gasteiger partial charge in [-0.15, -0.1) is 0 Å². The van der Waals surface area contributed by atoms with E-state index in [0.29, 0.717) is 10.2 Å². The number of amides is 2. The quantitative estimate of drug-likeness (QED) is 0.753. The van der Waals surface area contributed by atoms with Crippen LogP contribution >= 0.6 is 11.6 Å². The van der Waals surface area contributed by atoms with Gasteiger partial charge in [0.15, 0.2) is 6.10 Å². The molecular formula is C16H13ClF4N4O3. The van der Waals surface area contributed by atoms with Gasteiger partial charge in [-0.05, 0) is 17.7 Å². The standard InChI is InChI=1S/C16H13ClF4N4O3/c17-10-3-8(1-2-11(10)18)13(25-6-12(14(22)26)28-15(25)27)9-4-23-24(5-9)7-16(19,20)21/h1-5,12-13H,6-7H2,(H2,22,26)/t12?,13-/m0/s1. The zero-order valence-electron chi connectivity index (χ0n) is 14.0. The summed E-state index contributed by atoms with van der Waals surface area (Å²) in [4.78, 5) is 24.7. The van der Waals surface area contributed by atoms with Crippen molar-refractivity contribution in [3.05, 3.63) is 52.6 Å². The molecule has 12 heteroatoms. The van der Waals surface area contributed by atoms with Gasteiger partial charge in [0.25, 0.3) is 5.91 Å². The first-order chi connectivity index (χ1) is 13.0. The van der Waals surface area contributed by atoms with Crippen LogP contribution in [0.1, 0.15) is 17.2 Å². The van der Waals surface area contributed by atoms with E-state index in [-0.39, 0.29) is 17.1 Å². The van der Waals surface area contributed by atoms with Gasteiger partial charge in [-0.1, -0.05) is 17.7 Å². The fourth-order valence-electron chi connectivity index (χ4n) is 2.86. The molecule has 1 saturated heterocycles. The van der Waals surface area contributed by atoms with E-state index in [1.165, 1.54) is 12.1 Å². The second-order valence-corrected chi connectivity index (χ2v) is 6.50. The maximum atomic E-state index is 13.5.